The fraction of sp³-hybridized carbons (Fsp3) is 0.571. The molecule has 1 saturated heterocycles. The third-order valence-electron chi connectivity index (χ3n) is 3.28. The van der Waals surface area contributed by atoms with E-state index in [9.17, 15) is 4.79 Å². The van der Waals surface area contributed by atoms with E-state index in [0.717, 1.165) is 30.3 Å². The maximum Gasteiger partial charge on any atom is 0.226 e. The summed E-state index contributed by atoms with van der Waals surface area (Å²) in [5.74, 6) is 1.05. The molecular weight excluding hydrogens is 226 g/mol. The van der Waals surface area contributed by atoms with Gasteiger partial charge in [0, 0.05) is 19.0 Å². The van der Waals surface area contributed by atoms with E-state index in [4.69, 9.17) is 0 Å². The summed E-state index contributed by atoms with van der Waals surface area (Å²) in [6, 6.07) is 3.95. The van der Waals surface area contributed by atoms with Gasteiger partial charge in [-0.25, -0.2) is 4.98 Å². The number of anilines is 2. The molecule has 1 N–H and O–H groups in total. The second-order valence-electron chi connectivity index (χ2n) is 5.14. The standard InChI is InChI=1S/C14H21N3O/c1-10(2)14(18)16-12-6-7-13(15-11(12)3)17-8-4-5-9-17/h6-7,10H,4-5,8-9H2,1-3H3,(H,16,18). The first-order valence-electron chi connectivity index (χ1n) is 6.61. The van der Waals surface area contributed by atoms with Crippen molar-refractivity contribution >= 4 is 17.4 Å². The summed E-state index contributed by atoms with van der Waals surface area (Å²) in [6.07, 6.45) is 2.49. The topological polar surface area (TPSA) is 45.2 Å². The number of pyridine rings is 1. The maximum absolute atomic E-state index is 11.7. The van der Waals surface area contributed by atoms with Gasteiger partial charge in [0.05, 0.1) is 11.4 Å². The second-order valence-corrected chi connectivity index (χ2v) is 5.14. The van der Waals surface area contributed by atoms with E-state index in [-0.39, 0.29) is 11.8 Å². The maximum atomic E-state index is 11.7. The molecule has 0 saturated carbocycles. The summed E-state index contributed by atoms with van der Waals surface area (Å²) in [6.45, 7) is 7.89. The Labute approximate surface area is 108 Å². The van der Waals surface area contributed by atoms with Crippen LogP contribution in [-0.2, 0) is 4.79 Å². The summed E-state index contributed by atoms with van der Waals surface area (Å²) in [5, 5.41) is 2.91. The molecule has 1 fully saturated rings. The van der Waals surface area contributed by atoms with Crippen molar-refractivity contribution in [2.24, 2.45) is 5.92 Å². The highest BCUT2D eigenvalue weighted by Crippen LogP contribution is 2.22. The molecule has 1 aromatic heterocycles. The highest BCUT2D eigenvalue weighted by Gasteiger charge is 2.15. The van der Waals surface area contributed by atoms with Crippen LogP contribution in [0.2, 0.25) is 0 Å². The second kappa shape index (κ2) is 5.38. The minimum absolute atomic E-state index is 0.0114. The van der Waals surface area contributed by atoms with Gasteiger partial charge in [-0.2, -0.15) is 0 Å². The molecule has 0 unspecified atom stereocenters. The molecule has 0 radical (unpaired) electrons. The lowest BCUT2D eigenvalue weighted by Gasteiger charge is -2.18. The van der Waals surface area contributed by atoms with Crippen molar-refractivity contribution in [1.82, 2.24) is 4.98 Å². The summed E-state index contributed by atoms with van der Waals surface area (Å²) in [5.41, 5.74) is 1.70. The van der Waals surface area contributed by atoms with Crippen LogP contribution in [0, 0.1) is 12.8 Å². The molecular formula is C14H21N3O. The lowest BCUT2D eigenvalue weighted by atomic mass is 10.2. The molecule has 0 spiro atoms. The number of rotatable bonds is 3. The molecule has 18 heavy (non-hydrogen) atoms. The molecule has 0 aliphatic carbocycles. The van der Waals surface area contributed by atoms with Crippen LogP contribution in [-0.4, -0.2) is 24.0 Å². The highest BCUT2D eigenvalue weighted by atomic mass is 16.1. The largest absolute Gasteiger partial charge is 0.357 e. The zero-order chi connectivity index (χ0) is 13.1. The number of nitrogens with one attached hydrogen (secondary N) is 1. The van der Waals surface area contributed by atoms with Gasteiger partial charge in [-0.05, 0) is 31.9 Å². The molecule has 2 rings (SSSR count). The van der Waals surface area contributed by atoms with E-state index in [1.165, 1.54) is 12.8 Å². The molecule has 0 atom stereocenters. The predicted octanol–water partition coefficient (Wildman–Crippen LogP) is 2.58. The Hall–Kier alpha value is -1.58. The summed E-state index contributed by atoms with van der Waals surface area (Å²) in [4.78, 5) is 18.5. The van der Waals surface area contributed by atoms with E-state index in [0.29, 0.717) is 0 Å². The Balaban J connectivity index is 2.12. The van der Waals surface area contributed by atoms with Gasteiger partial charge in [-0.3, -0.25) is 4.79 Å². The van der Waals surface area contributed by atoms with E-state index in [1.54, 1.807) is 0 Å². The van der Waals surface area contributed by atoms with Crippen molar-refractivity contribution in [3.63, 3.8) is 0 Å². The van der Waals surface area contributed by atoms with Crippen LogP contribution in [0.5, 0.6) is 0 Å². The minimum atomic E-state index is -0.0114. The summed E-state index contributed by atoms with van der Waals surface area (Å²) >= 11 is 0. The van der Waals surface area contributed by atoms with Crippen LogP contribution >= 0.6 is 0 Å². The Morgan fingerprint density at radius 2 is 2.00 bits per heavy atom. The summed E-state index contributed by atoms with van der Waals surface area (Å²) < 4.78 is 0. The van der Waals surface area contributed by atoms with Crippen LogP contribution in [0.4, 0.5) is 11.5 Å². The Kier molecular flexibility index (Phi) is 3.84. The fourth-order valence-corrected chi connectivity index (χ4v) is 2.08. The predicted molar refractivity (Wildman–Crippen MR) is 73.9 cm³/mol. The fourth-order valence-electron chi connectivity index (χ4n) is 2.08. The average molecular weight is 247 g/mol. The smallest absolute Gasteiger partial charge is 0.226 e. The molecule has 0 bridgehead atoms. The monoisotopic (exact) mass is 247 g/mol. The van der Waals surface area contributed by atoms with Crippen LogP contribution in [0.3, 0.4) is 0 Å². The Morgan fingerprint density at radius 3 is 2.56 bits per heavy atom. The molecule has 1 amide bonds. The van der Waals surface area contributed by atoms with E-state index < -0.39 is 0 Å². The number of carbonyl (C=O) groups excluding carboxylic acids is 1. The highest BCUT2D eigenvalue weighted by molar-refractivity contribution is 5.92. The van der Waals surface area contributed by atoms with Gasteiger partial charge in [-0.1, -0.05) is 13.8 Å². The number of aryl methyl sites for hydroxylation is 1. The average Bonchev–Trinajstić information content (AvgIpc) is 2.85. The third kappa shape index (κ3) is 2.81. The van der Waals surface area contributed by atoms with Crippen LogP contribution < -0.4 is 10.2 Å². The lowest BCUT2D eigenvalue weighted by molar-refractivity contribution is -0.118. The van der Waals surface area contributed by atoms with Crippen molar-refractivity contribution in [3.8, 4) is 0 Å². The third-order valence-corrected chi connectivity index (χ3v) is 3.28. The first-order valence-corrected chi connectivity index (χ1v) is 6.61. The lowest BCUT2D eigenvalue weighted by Crippen LogP contribution is -2.21. The Morgan fingerprint density at radius 1 is 1.33 bits per heavy atom. The van der Waals surface area contributed by atoms with Crippen LogP contribution in [0.15, 0.2) is 12.1 Å². The number of aromatic nitrogens is 1. The number of amides is 1. The molecule has 2 heterocycles. The quantitative estimate of drug-likeness (QED) is 0.893. The van der Waals surface area contributed by atoms with Crippen LogP contribution in [0.25, 0.3) is 0 Å². The van der Waals surface area contributed by atoms with Crippen LogP contribution in [0.1, 0.15) is 32.4 Å². The zero-order valence-electron chi connectivity index (χ0n) is 11.4. The SMILES string of the molecule is Cc1nc(N2CCCC2)ccc1NC(=O)C(C)C. The molecule has 1 aromatic rings. The number of hydrogen-bond donors (Lipinski definition) is 1. The van der Waals surface area contributed by atoms with Gasteiger partial charge < -0.3 is 10.2 Å². The zero-order valence-corrected chi connectivity index (χ0v) is 11.4. The van der Waals surface area contributed by atoms with E-state index in [1.807, 2.05) is 32.9 Å². The first-order chi connectivity index (χ1) is 8.58. The van der Waals surface area contributed by atoms with Crippen molar-refractivity contribution in [2.45, 2.75) is 33.6 Å². The normalized spacial score (nSPS) is 15.2. The van der Waals surface area contributed by atoms with Gasteiger partial charge in [0.25, 0.3) is 0 Å². The van der Waals surface area contributed by atoms with Gasteiger partial charge in [0.1, 0.15) is 5.82 Å². The molecule has 1 aliphatic rings. The molecule has 4 heteroatoms. The molecule has 4 nitrogen and oxygen atoms in total. The van der Waals surface area contributed by atoms with Crippen molar-refractivity contribution in [3.05, 3.63) is 17.8 Å². The van der Waals surface area contributed by atoms with Gasteiger partial charge in [0.2, 0.25) is 5.91 Å². The number of hydrogen-bond acceptors (Lipinski definition) is 3. The van der Waals surface area contributed by atoms with Crippen molar-refractivity contribution in [2.75, 3.05) is 23.3 Å². The minimum Gasteiger partial charge on any atom is -0.357 e. The van der Waals surface area contributed by atoms with Crippen molar-refractivity contribution < 1.29 is 4.79 Å². The molecule has 1 aliphatic heterocycles. The first kappa shape index (κ1) is 12.9. The van der Waals surface area contributed by atoms with E-state index in [2.05, 4.69) is 15.2 Å². The van der Waals surface area contributed by atoms with Gasteiger partial charge >= 0.3 is 0 Å². The molecule has 98 valence electrons. The summed E-state index contributed by atoms with van der Waals surface area (Å²) in [7, 11) is 0. The number of nitrogens with zero attached hydrogens (tertiary/aromatic N) is 2. The Bertz CT molecular complexity index is 437. The van der Waals surface area contributed by atoms with Crippen molar-refractivity contribution in [1.29, 1.82) is 0 Å². The van der Waals surface area contributed by atoms with E-state index >= 15 is 0 Å². The number of carbonyl (C=O) groups is 1. The van der Waals surface area contributed by atoms with Gasteiger partial charge in [-0.15, -0.1) is 0 Å². The van der Waals surface area contributed by atoms with Gasteiger partial charge in [0.15, 0.2) is 0 Å². The molecule has 0 aromatic carbocycles.